The van der Waals surface area contributed by atoms with E-state index in [1.165, 1.54) is 7.11 Å². The predicted molar refractivity (Wildman–Crippen MR) is 77.4 cm³/mol. The zero-order valence-corrected chi connectivity index (χ0v) is 13.0. The number of hydrogen-bond acceptors (Lipinski definition) is 4. The van der Waals surface area contributed by atoms with Gasteiger partial charge in [-0.1, -0.05) is 19.9 Å². The quantitative estimate of drug-likeness (QED) is 0.601. The monoisotopic (exact) mass is 283 g/mol. The number of amides is 1. The van der Waals surface area contributed by atoms with E-state index in [4.69, 9.17) is 9.47 Å². The molecule has 0 saturated heterocycles. The number of ether oxygens (including phenoxy) is 2. The summed E-state index contributed by atoms with van der Waals surface area (Å²) in [7, 11) is 1.27. The number of carbonyl (C=O) groups excluding carboxylic acids is 2. The third-order valence-electron chi connectivity index (χ3n) is 2.47. The Labute approximate surface area is 121 Å². The molecule has 0 saturated carbocycles. The van der Waals surface area contributed by atoms with Gasteiger partial charge in [0.05, 0.1) is 7.11 Å². The maximum Gasteiger partial charge on any atom is 0.408 e. The van der Waals surface area contributed by atoms with E-state index in [1.807, 2.05) is 6.92 Å². The van der Waals surface area contributed by atoms with Crippen molar-refractivity contribution >= 4 is 12.1 Å². The van der Waals surface area contributed by atoms with Crippen molar-refractivity contribution in [3.8, 4) is 0 Å². The lowest BCUT2D eigenvalue weighted by molar-refractivity contribution is -0.142. The van der Waals surface area contributed by atoms with Crippen LogP contribution in [0.5, 0.6) is 0 Å². The molecule has 0 aliphatic heterocycles. The summed E-state index contributed by atoms with van der Waals surface area (Å²) in [5, 5.41) is 2.51. The molecule has 0 unspecified atom stereocenters. The molecular weight excluding hydrogens is 258 g/mol. The van der Waals surface area contributed by atoms with Crippen LogP contribution in [0.4, 0.5) is 4.79 Å². The number of hydrogen-bond donors (Lipinski definition) is 1. The molecule has 0 aromatic carbocycles. The number of rotatable bonds is 6. The van der Waals surface area contributed by atoms with Crippen LogP contribution < -0.4 is 5.32 Å². The molecule has 1 N–H and O–H groups in total. The molecule has 5 nitrogen and oxygen atoms in total. The van der Waals surface area contributed by atoms with Crippen LogP contribution in [0.15, 0.2) is 17.9 Å². The fourth-order valence-corrected chi connectivity index (χ4v) is 1.53. The zero-order chi connectivity index (χ0) is 15.8. The van der Waals surface area contributed by atoms with Gasteiger partial charge in [-0.05, 0) is 33.6 Å². The Morgan fingerprint density at radius 1 is 1.35 bits per heavy atom. The fourth-order valence-electron chi connectivity index (χ4n) is 1.53. The van der Waals surface area contributed by atoms with Crippen molar-refractivity contribution in [1.82, 2.24) is 5.32 Å². The van der Waals surface area contributed by atoms with Crippen LogP contribution in [0.25, 0.3) is 0 Å². The second kappa shape index (κ2) is 8.43. The molecule has 20 heavy (non-hydrogen) atoms. The van der Waals surface area contributed by atoms with Gasteiger partial charge >= 0.3 is 12.1 Å². The number of methoxy groups -OCH3 is 1. The normalized spacial score (nSPS) is 12.1. The van der Waals surface area contributed by atoms with Crippen molar-refractivity contribution in [2.45, 2.75) is 58.6 Å². The van der Waals surface area contributed by atoms with Gasteiger partial charge in [-0.25, -0.2) is 9.59 Å². The van der Waals surface area contributed by atoms with Gasteiger partial charge in [0.25, 0.3) is 0 Å². The Kier molecular flexibility index (Phi) is 7.70. The smallest absolute Gasteiger partial charge is 0.408 e. The average molecular weight is 283 g/mol. The van der Waals surface area contributed by atoms with E-state index in [-0.39, 0.29) is 0 Å². The fraction of sp³-hybridized carbons (Fsp3) is 0.667. The molecule has 0 aromatic heterocycles. The van der Waals surface area contributed by atoms with E-state index in [2.05, 4.69) is 17.6 Å². The number of nitrogens with one attached hydrogen (secondary N) is 1. The molecule has 0 rings (SSSR count). The minimum Gasteiger partial charge on any atom is -0.467 e. The van der Waals surface area contributed by atoms with Gasteiger partial charge in [-0.2, -0.15) is 0 Å². The van der Waals surface area contributed by atoms with Crippen LogP contribution in [-0.4, -0.2) is 30.8 Å². The highest BCUT2D eigenvalue weighted by Gasteiger charge is 2.27. The molecule has 0 aromatic rings. The standard InChI is InChI=1S/C15H25NO4/c1-7-9-10-11(8-2)12(13(17)19-6)16-14(18)20-15(3,4)5/h12H,2,7,9-10H2,1,3-6H3,(H,16,18)/t12-/m1/s1. The molecule has 0 aliphatic rings. The van der Waals surface area contributed by atoms with Crippen molar-refractivity contribution < 1.29 is 19.1 Å². The Hall–Kier alpha value is -1.74. The van der Waals surface area contributed by atoms with Gasteiger partial charge in [-0.3, -0.25) is 0 Å². The Morgan fingerprint density at radius 2 is 1.95 bits per heavy atom. The highest BCUT2D eigenvalue weighted by atomic mass is 16.6. The summed E-state index contributed by atoms with van der Waals surface area (Å²) in [5.74, 6) is -0.557. The number of unbranched alkanes of at least 4 members (excludes halogenated alkanes) is 1. The van der Waals surface area contributed by atoms with Crippen LogP contribution in [0.2, 0.25) is 0 Å². The summed E-state index contributed by atoms with van der Waals surface area (Å²) < 4.78 is 9.85. The predicted octanol–water partition coefficient (Wildman–Crippen LogP) is 2.95. The van der Waals surface area contributed by atoms with Crippen LogP contribution in [-0.2, 0) is 14.3 Å². The van der Waals surface area contributed by atoms with Gasteiger partial charge in [-0.15, -0.1) is 5.73 Å². The van der Waals surface area contributed by atoms with Crippen molar-refractivity contribution in [3.63, 3.8) is 0 Å². The summed E-state index contributed by atoms with van der Waals surface area (Å²) >= 11 is 0. The van der Waals surface area contributed by atoms with Gasteiger partial charge in [0, 0.05) is 5.57 Å². The zero-order valence-electron chi connectivity index (χ0n) is 13.0. The molecule has 5 heteroatoms. The number of esters is 1. The molecule has 0 bridgehead atoms. The third-order valence-corrected chi connectivity index (χ3v) is 2.47. The molecule has 0 fully saturated rings. The maximum absolute atomic E-state index is 11.8. The second-order valence-electron chi connectivity index (χ2n) is 5.41. The highest BCUT2D eigenvalue weighted by Crippen LogP contribution is 2.13. The van der Waals surface area contributed by atoms with Gasteiger partial charge in [0.15, 0.2) is 6.04 Å². The lowest BCUT2D eigenvalue weighted by atomic mass is 10.0. The lowest BCUT2D eigenvalue weighted by Crippen LogP contribution is -2.45. The van der Waals surface area contributed by atoms with Crippen LogP contribution in [0, 0.1) is 0 Å². The van der Waals surface area contributed by atoms with Gasteiger partial charge in [0.2, 0.25) is 0 Å². The van der Waals surface area contributed by atoms with E-state index >= 15 is 0 Å². The number of alkyl carbamates (subject to hydrolysis) is 1. The van der Waals surface area contributed by atoms with Crippen LogP contribution >= 0.6 is 0 Å². The molecule has 114 valence electrons. The topological polar surface area (TPSA) is 64.6 Å². The average Bonchev–Trinajstić information content (AvgIpc) is 2.35. The molecular formula is C15H25NO4. The van der Waals surface area contributed by atoms with E-state index in [0.29, 0.717) is 12.0 Å². The Bertz CT molecular complexity index is 389. The van der Waals surface area contributed by atoms with Crippen LogP contribution in [0.1, 0.15) is 47.0 Å². The molecule has 1 atom stereocenters. The summed E-state index contributed by atoms with van der Waals surface area (Å²) in [6.45, 7) is 10.9. The molecule has 0 spiro atoms. The van der Waals surface area contributed by atoms with Gasteiger partial charge in [0.1, 0.15) is 5.60 Å². The van der Waals surface area contributed by atoms with Gasteiger partial charge < -0.3 is 14.8 Å². The summed E-state index contributed by atoms with van der Waals surface area (Å²) in [6.07, 6.45) is 1.79. The van der Waals surface area contributed by atoms with E-state index in [1.54, 1.807) is 20.8 Å². The van der Waals surface area contributed by atoms with Crippen molar-refractivity contribution in [3.05, 3.63) is 17.9 Å². The van der Waals surface area contributed by atoms with Crippen molar-refractivity contribution in [1.29, 1.82) is 0 Å². The third kappa shape index (κ3) is 7.00. The first-order valence-electron chi connectivity index (χ1n) is 6.71. The van der Waals surface area contributed by atoms with E-state index < -0.39 is 23.7 Å². The molecule has 1 amide bonds. The first-order chi connectivity index (χ1) is 9.25. The van der Waals surface area contributed by atoms with Crippen molar-refractivity contribution in [2.24, 2.45) is 0 Å². The largest absolute Gasteiger partial charge is 0.467 e. The maximum atomic E-state index is 11.8. The van der Waals surface area contributed by atoms with Crippen molar-refractivity contribution in [2.75, 3.05) is 7.11 Å². The summed E-state index contributed by atoms with van der Waals surface area (Å²) in [4.78, 5) is 23.6. The first-order valence-corrected chi connectivity index (χ1v) is 6.71. The molecule has 0 heterocycles. The summed E-state index contributed by atoms with van der Waals surface area (Å²) in [6, 6.07) is -0.904. The highest BCUT2D eigenvalue weighted by molar-refractivity contribution is 5.84. The molecule has 0 aliphatic carbocycles. The van der Waals surface area contributed by atoms with Crippen LogP contribution in [0.3, 0.4) is 0 Å². The SMILES string of the molecule is C=C=C(CCCC)[C@@H](NC(=O)OC(C)(C)C)C(=O)OC. The first kappa shape index (κ1) is 18.3. The lowest BCUT2D eigenvalue weighted by Gasteiger charge is -2.23. The summed E-state index contributed by atoms with van der Waals surface area (Å²) in [5.41, 5.74) is 2.68. The number of carbonyl (C=O) groups is 2. The minimum atomic E-state index is -0.904. The minimum absolute atomic E-state index is 0.557. The Balaban J connectivity index is 4.94. The second-order valence-corrected chi connectivity index (χ2v) is 5.41. The van der Waals surface area contributed by atoms with E-state index in [9.17, 15) is 9.59 Å². The Morgan fingerprint density at radius 3 is 2.35 bits per heavy atom. The van der Waals surface area contributed by atoms with E-state index in [0.717, 1.165) is 12.8 Å². The molecule has 0 radical (unpaired) electrons.